The Morgan fingerprint density at radius 2 is 0.696 bits per heavy atom. The molecular weight excluding hydrogens is 347 g/mol. The quantitative estimate of drug-likeness (QED) is 0.306. The van der Waals surface area contributed by atoms with E-state index in [-0.39, 0.29) is 29.6 Å². The van der Waals surface area contributed by atoms with Gasteiger partial charge in [-0.15, -0.1) is 12.6 Å². The summed E-state index contributed by atoms with van der Waals surface area (Å²) in [5.74, 6) is -10.1. The fourth-order valence-corrected chi connectivity index (χ4v) is 2.21. The average Bonchev–Trinajstić information content (AvgIpc) is 2.34. The molecule has 23 heavy (non-hydrogen) atoms. The fraction of sp³-hybridized carbons (Fsp3) is 0. The van der Waals surface area contributed by atoms with E-state index in [1.165, 1.54) is 0 Å². The fourth-order valence-electron chi connectivity index (χ4n) is 1.79. The second-order valence-corrected chi connectivity index (χ2v) is 4.20. The molecule has 0 aliphatic heterocycles. The van der Waals surface area contributed by atoms with Gasteiger partial charge < -0.3 is 25.5 Å². The van der Waals surface area contributed by atoms with E-state index in [4.69, 9.17) is 25.5 Å². The Hall–Kier alpha value is -2.08. The molecule has 0 radical (unpaired) electrons. The first-order valence-corrected chi connectivity index (χ1v) is 5.56. The van der Waals surface area contributed by atoms with Crippen molar-refractivity contribution in [2.45, 2.75) is 4.90 Å². The van der Waals surface area contributed by atoms with E-state index in [2.05, 4.69) is 12.6 Å². The van der Waals surface area contributed by atoms with Gasteiger partial charge in [0.2, 0.25) is 0 Å². The molecule has 0 aliphatic carbocycles. The number of carboxylic acid groups (broad SMARTS) is 5. The average molecular weight is 354 g/mol. The zero-order valence-corrected chi connectivity index (χ0v) is 11.1. The van der Waals surface area contributed by atoms with Gasteiger partial charge in [-0.1, -0.05) is 0 Å². The third kappa shape index (κ3) is 3.64. The standard InChI is InChI=1S/C11H6O10S.Na.H/c12-7(13)1-2(8(14)15)4(10(18)19)6(22)5(11(20)21)3(1)9(16)17;;/h22H,(H,12,13)(H,14,15)(H,16,17)(H,18,19)(H,20,21);;. The number of carbonyl (C=O) groups is 5. The molecule has 12 heteroatoms. The third-order valence-corrected chi connectivity index (χ3v) is 2.99. The molecule has 118 valence electrons. The van der Waals surface area contributed by atoms with Gasteiger partial charge in [0.15, 0.2) is 0 Å². The summed E-state index contributed by atoms with van der Waals surface area (Å²) in [6.45, 7) is 0. The van der Waals surface area contributed by atoms with Crippen molar-refractivity contribution < 1.29 is 49.5 Å². The number of hydrogen-bond acceptors (Lipinski definition) is 6. The summed E-state index contributed by atoms with van der Waals surface area (Å²) in [6.07, 6.45) is 0. The van der Waals surface area contributed by atoms with Crippen LogP contribution in [0.1, 0.15) is 51.8 Å². The van der Waals surface area contributed by atoms with Crippen molar-refractivity contribution in [2.24, 2.45) is 0 Å². The Morgan fingerprint density at radius 3 is 0.870 bits per heavy atom. The Kier molecular flexibility index (Phi) is 6.78. The van der Waals surface area contributed by atoms with Crippen molar-refractivity contribution in [3.05, 3.63) is 27.8 Å². The van der Waals surface area contributed by atoms with E-state index in [0.717, 1.165) is 0 Å². The minimum absolute atomic E-state index is 0. The molecule has 5 N–H and O–H groups in total. The van der Waals surface area contributed by atoms with Gasteiger partial charge in [0.1, 0.15) is 0 Å². The van der Waals surface area contributed by atoms with Crippen LogP contribution < -0.4 is 0 Å². The van der Waals surface area contributed by atoms with Crippen LogP contribution in [0.5, 0.6) is 0 Å². The second-order valence-electron chi connectivity index (χ2n) is 3.75. The maximum atomic E-state index is 11.2. The molecule has 0 heterocycles. The van der Waals surface area contributed by atoms with Crippen LogP contribution in [0.2, 0.25) is 0 Å². The summed E-state index contributed by atoms with van der Waals surface area (Å²) in [5, 5.41) is 45.0. The van der Waals surface area contributed by atoms with Gasteiger partial charge in [0, 0.05) is 4.90 Å². The summed E-state index contributed by atoms with van der Waals surface area (Å²) >= 11 is 3.55. The molecule has 0 unspecified atom stereocenters. The van der Waals surface area contributed by atoms with Gasteiger partial charge >= 0.3 is 59.4 Å². The summed E-state index contributed by atoms with van der Waals surface area (Å²) in [4.78, 5) is 54.8. The summed E-state index contributed by atoms with van der Waals surface area (Å²) in [5.41, 5.74) is -6.64. The van der Waals surface area contributed by atoms with Crippen molar-refractivity contribution >= 4 is 72.0 Å². The summed E-state index contributed by atoms with van der Waals surface area (Å²) in [7, 11) is 0. The van der Waals surface area contributed by atoms with Gasteiger partial charge in [-0.25, -0.2) is 24.0 Å². The number of aromatic carboxylic acids is 5. The van der Waals surface area contributed by atoms with E-state index < -0.39 is 62.6 Å². The van der Waals surface area contributed by atoms with Crippen LogP contribution in [0, 0.1) is 0 Å². The van der Waals surface area contributed by atoms with Gasteiger partial charge in [0.25, 0.3) is 0 Å². The predicted molar refractivity (Wildman–Crippen MR) is 75.6 cm³/mol. The van der Waals surface area contributed by atoms with Crippen molar-refractivity contribution in [1.82, 2.24) is 0 Å². The molecular formula is C11H7NaO10S. The maximum absolute atomic E-state index is 11.2. The van der Waals surface area contributed by atoms with Crippen LogP contribution in [0.25, 0.3) is 0 Å². The molecule has 0 spiro atoms. The Balaban J connectivity index is 0.00000484. The van der Waals surface area contributed by atoms with Crippen molar-refractivity contribution in [1.29, 1.82) is 0 Å². The third-order valence-electron chi connectivity index (χ3n) is 2.54. The van der Waals surface area contributed by atoms with Crippen LogP contribution in [-0.2, 0) is 0 Å². The predicted octanol–water partition coefficient (Wildman–Crippen LogP) is -0.182. The van der Waals surface area contributed by atoms with Crippen molar-refractivity contribution in [3.63, 3.8) is 0 Å². The topological polar surface area (TPSA) is 186 Å². The molecule has 0 aliphatic rings. The molecule has 0 atom stereocenters. The van der Waals surface area contributed by atoms with Gasteiger partial charge in [-0.05, 0) is 0 Å². The zero-order chi connectivity index (χ0) is 17.4. The number of carboxylic acids is 5. The van der Waals surface area contributed by atoms with Crippen LogP contribution in [0.4, 0.5) is 0 Å². The van der Waals surface area contributed by atoms with Crippen LogP contribution in [0.15, 0.2) is 4.90 Å². The van der Waals surface area contributed by atoms with Crippen LogP contribution in [0.3, 0.4) is 0 Å². The van der Waals surface area contributed by atoms with Crippen LogP contribution in [-0.4, -0.2) is 84.9 Å². The minimum atomic E-state index is -2.10. The van der Waals surface area contributed by atoms with Gasteiger partial charge in [-0.2, -0.15) is 0 Å². The molecule has 0 aromatic heterocycles. The van der Waals surface area contributed by atoms with E-state index >= 15 is 0 Å². The van der Waals surface area contributed by atoms with E-state index in [0.29, 0.717) is 0 Å². The van der Waals surface area contributed by atoms with Crippen LogP contribution >= 0.6 is 12.6 Å². The molecule has 0 amide bonds. The van der Waals surface area contributed by atoms with Gasteiger partial charge in [-0.3, -0.25) is 0 Å². The first-order chi connectivity index (χ1) is 10.0. The number of hydrogen-bond donors (Lipinski definition) is 6. The van der Waals surface area contributed by atoms with E-state index in [9.17, 15) is 24.0 Å². The number of thiol groups is 1. The first kappa shape index (κ1) is 20.9. The van der Waals surface area contributed by atoms with E-state index in [1.54, 1.807) is 0 Å². The SMILES string of the molecule is O=C(O)c1c(S)c(C(=O)O)c(C(=O)O)c(C(=O)O)c1C(=O)O.[NaH]. The molecule has 0 saturated carbocycles. The molecule has 0 fully saturated rings. The number of rotatable bonds is 5. The Labute approximate surface area is 154 Å². The number of benzene rings is 1. The normalized spacial score (nSPS) is 9.61. The Morgan fingerprint density at radius 1 is 0.522 bits per heavy atom. The molecule has 1 rings (SSSR count). The monoisotopic (exact) mass is 354 g/mol. The van der Waals surface area contributed by atoms with Crippen molar-refractivity contribution in [3.8, 4) is 0 Å². The first-order valence-electron chi connectivity index (χ1n) is 5.11. The summed E-state index contributed by atoms with van der Waals surface area (Å²) in [6, 6.07) is 0. The summed E-state index contributed by atoms with van der Waals surface area (Å²) < 4.78 is 0. The van der Waals surface area contributed by atoms with Gasteiger partial charge in [0.05, 0.1) is 27.8 Å². The molecule has 10 nitrogen and oxygen atoms in total. The Bertz CT molecular complexity index is 701. The molecule has 1 aromatic rings. The van der Waals surface area contributed by atoms with E-state index in [1.807, 2.05) is 0 Å². The zero-order valence-electron chi connectivity index (χ0n) is 10.2. The second kappa shape index (κ2) is 7.46. The van der Waals surface area contributed by atoms with Crippen molar-refractivity contribution in [2.75, 3.05) is 0 Å². The molecule has 1 aromatic carbocycles. The molecule has 0 bridgehead atoms. The molecule has 0 saturated heterocycles.